The number of nitrogens with zero attached hydrogens (tertiary/aromatic N) is 6. The molecular formula is C46H38Cl2F8N8O3S2. The van der Waals surface area contributed by atoms with Crippen molar-refractivity contribution in [3.05, 3.63) is 147 Å². The number of nitrogens with two attached hydrogens (primary N) is 1. The number of rotatable bonds is 11. The third kappa shape index (κ3) is 8.83. The fraction of sp³-hybridized carbons (Fsp3) is 0.304. The first-order chi connectivity index (χ1) is 32.6. The molecule has 2 aromatic heterocycles. The van der Waals surface area contributed by atoms with Crippen LogP contribution in [0.5, 0.6) is 5.75 Å². The number of aliphatic imine (C=N–C) groups is 2. The Kier molecular flexibility index (Phi) is 13.4. The Bertz CT molecular complexity index is 2920. The summed E-state index contributed by atoms with van der Waals surface area (Å²) in [5.74, 6) is -12.0. The second kappa shape index (κ2) is 18.5. The predicted octanol–water partition coefficient (Wildman–Crippen LogP) is 9.86. The molecule has 5 aromatic rings. The maximum atomic E-state index is 15.3. The molecule has 4 aliphatic rings. The van der Waals surface area contributed by atoms with Gasteiger partial charge in [0.15, 0.2) is 22.0 Å². The van der Waals surface area contributed by atoms with Crippen molar-refractivity contribution in [1.82, 2.24) is 25.3 Å². The van der Waals surface area contributed by atoms with Crippen LogP contribution in [0, 0.1) is 23.5 Å². The van der Waals surface area contributed by atoms with E-state index in [2.05, 4.69) is 35.2 Å². The molecule has 6 atom stereocenters. The van der Waals surface area contributed by atoms with Gasteiger partial charge in [-0.1, -0.05) is 71.0 Å². The first-order valence-electron chi connectivity index (χ1n) is 20.6. The van der Waals surface area contributed by atoms with E-state index in [0.717, 1.165) is 54.0 Å². The Hall–Kier alpha value is -5.32. The van der Waals surface area contributed by atoms with Crippen LogP contribution >= 0.6 is 46.7 Å². The molecular weight excluding hydrogens is 1000 g/mol. The number of thioether (sulfide) groups is 2. The summed E-state index contributed by atoms with van der Waals surface area (Å²) < 4.78 is 121. The molecule has 23 heteroatoms. The zero-order valence-corrected chi connectivity index (χ0v) is 39.3. The van der Waals surface area contributed by atoms with Gasteiger partial charge in [0.25, 0.3) is 11.8 Å². The van der Waals surface area contributed by atoms with Crippen LogP contribution in [0.1, 0.15) is 53.1 Å². The highest BCUT2D eigenvalue weighted by Gasteiger charge is 2.89. The third-order valence-corrected chi connectivity index (χ3v) is 15.6. The van der Waals surface area contributed by atoms with E-state index in [1.54, 1.807) is 31.4 Å². The molecule has 362 valence electrons. The summed E-state index contributed by atoms with van der Waals surface area (Å²) in [5, 5.41) is 22.9. The number of methoxy groups -OCH3 is 1. The lowest BCUT2D eigenvalue weighted by atomic mass is 9.84. The molecule has 0 spiro atoms. The van der Waals surface area contributed by atoms with Gasteiger partial charge in [-0.05, 0) is 79.1 Å². The molecule has 4 heterocycles. The third-order valence-electron chi connectivity index (χ3n) is 12.5. The number of hydrogen-bond donors (Lipinski definition) is 4. The summed E-state index contributed by atoms with van der Waals surface area (Å²) in [5.41, 5.74) is 3.09. The summed E-state index contributed by atoms with van der Waals surface area (Å²) in [4.78, 5) is 23.8. The summed E-state index contributed by atoms with van der Waals surface area (Å²) in [6, 6.07) is 14.4. The minimum atomic E-state index is -3.33. The molecule has 11 nitrogen and oxygen atoms in total. The molecule has 3 fully saturated rings. The summed E-state index contributed by atoms with van der Waals surface area (Å²) in [7, 11) is 1.54. The SMILES string of the molecule is COc1ccc(CN=C2N[C@](C)(c3cc(/C=C(\F)c4cnc(Cl)cn4)ccc3F)[C@@H]3C(F)(F)[C@]3(CO)S2)cc1.C[C@]1(c2cc(/C=C(\F)c3cnc(Cl)cn3)ccc2F)N=C(N)S[C@]2(CO)[C@H]1C2(F)F. The molecule has 69 heavy (non-hydrogen) atoms. The highest BCUT2D eigenvalue weighted by Crippen LogP contribution is 2.75. The fourth-order valence-electron chi connectivity index (χ4n) is 8.98. The Balaban J connectivity index is 0.000000192. The van der Waals surface area contributed by atoms with Crippen LogP contribution in [-0.2, 0) is 17.6 Å². The Morgan fingerprint density at radius 1 is 0.754 bits per heavy atom. The van der Waals surface area contributed by atoms with Crippen LogP contribution in [0.25, 0.3) is 23.8 Å². The van der Waals surface area contributed by atoms with E-state index in [4.69, 9.17) is 33.7 Å². The number of aliphatic hydroxyl groups is 2. The van der Waals surface area contributed by atoms with Crippen molar-refractivity contribution in [2.45, 2.75) is 52.8 Å². The standard InChI is InChI=1S/C27H23ClF4N4O2S.C19H15ClF4N4OS/c1-25(18-9-16(5-8-19(18)29)10-20(30)21-12-34-22(28)13-33-21)23-26(14-37,27(23,31)32)39-24(36-25)35-11-15-3-6-17(38-2)7-4-15;1-17(15-18(8-29,19(15,23)24)30-16(25)28-17)10-4-9(2-3-11(10)21)5-12(22)13-6-27-14(20)7-26-13/h3-10,12-13,23,37H,11,14H2,1-2H3,(H,35,36);2-7,15,29H,8H2,1H3,(H2,25,28)/b20-10-;12-5-/t23-,25+,26+;15-,17+,18+/m00/s1. The van der Waals surface area contributed by atoms with Gasteiger partial charge >= 0.3 is 0 Å². The van der Waals surface area contributed by atoms with Crippen LogP contribution in [0.3, 0.4) is 0 Å². The molecule has 2 saturated carbocycles. The minimum absolute atomic E-state index is 0.0897. The maximum Gasteiger partial charge on any atom is 0.272 e. The second-order valence-electron chi connectivity index (χ2n) is 16.7. The van der Waals surface area contributed by atoms with Gasteiger partial charge < -0.3 is 26.0 Å². The van der Waals surface area contributed by atoms with Gasteiger partial charge in [-0.25, -0.2) is 55.1 Å². The molecule has 0 radical (unpaired) electrons. The van der Waals surface area contributed by atoms with Crippen LogP contribution in [0.15, 0.2) is 95.4 Å². The lowest BCUT2D eigenvalue weighted by Crippen LogP contribution is -2.51. The minimum Gasteiger partial charge on any atom is -0.497 e. The molecule has 2 aliphatic carbocycles. The zero-order valence-electron chi connectivity index (χ0n) is 36.2. The molecule has 0 bridgehead atoms. The smallest absolute Gasteiger partial charge is 0.272 e. The first kappa shape index (κ1) is 50.1. The van der Waals surface area contributed by atoms with Crippen molar-refractivity contribution in [3.63, 3.8) is 0 Å². The Morgan fingerprint density at radius 3 is 1.77 bits per heavy atom. The highest BCUT2D eigenvalue weighted by molar-refractivity contribution is 8.15. The van der Waals surface area contributed by atoms with Gasteiger partial charge in [-0.2, -0.15) is 0 Å². The van der Waals surface area contributed by atoms with E-state index in [-0.39, 0.29) is 60.8 Å². The van der Waals surface area contributed by atoms with E-state index in [0.29, 0.717) is 17.5 Å². The van der Waals surface area contributed by atoms with Gasteiger partial charge in [0, 0.05) is 11.1 Å². The number of fused-ring (bicyclic) bond motifs is 2. The molecule has 3 aromatic carbocycles. The average Bonchev–Trinajstić information content (AvgIpc) is 4.06. The van der Waals surface area contributed by atoms with Crippen LogP contribution < -0.4 is 15.8 Å². The molecule has 2 aliphatic heterocycles. The Morgan fingerprint density at radius 2 is 1.26 bits per heavy atom. The van der Waals surface area contributed by atoms with Crippen molar-refractivity contribution in [3.8, 4) is 5.75 Å². The van der Waals surface area contributed by atoms with Crippen molar-refractivity contribution in [2.75, 3.05) is 20.3 Å². The average molecular weight is 1040 g/mol. The van der Waals surface area contributed by atoms with Crippen molar-refractivity contribution < 1.29 is 50.1 Å². The van der Waals surface area contributed by atoms with E-state index in [1.165, 1.54) is 50.5 Å². The summed E-state index contributed by atoms with van der Waals surface area (Å²) in [6.45, 7) is 1.26. The summed E-state index contributed by atoms with van der Waals surface area (Å²) in [6.07, 6.45) is 6.79. The number of amidine groups is 2. The van der Waals surface area contributed by atoms with E-state index >= 15 is 13.2 Å². The van der Waals surface area contributed by atoms with E-state index < -0.39 is 80.8 Å². The molecule has 5 N–H and O–H groups in total. The number of aromatic nitrogens is 4. The molecule has 0 unspecified atom stereocenters. The number of alkyl halides is 4. The van der Waals surface area contributed by atoms with Crippen LogP contribution in [-0.4, -0.2) is 82.1 Å². The predicted molar refractivity (Wildman–Crippen MR) is 250 cm³/mol. The summed E-state index contributed by atoms with van der Waals surface area (Å²) >= 11 is 12.7. The fourth-order valence-corrected chi connectivity index (χ4v) is 12.0. The number of halogens is 10. The Labute approximate surface area is 407 Å². The van der Waals surface area contributed by atoms with Crippen LogP contribution in [0.4, 0.5) is 35.1 Å². The lowest BCUT2D eigenvalue weighted by molar-refractivity contribution is 0.0658. The van der Waals surface area contributed by atoms with Gasteiger partial charge in [-0.3, -0.25) is 9.98 Å². The second-order valence-corrected chi connectivity index (χ2v) is 20.2. The van der Waals surface area contributed by atoms with Crippen molar-refractivity contribution in [2.24, 2.45) is 27.6 Å². The van der Waals surface area contributed by atoms with E-state index in [1.807, 2.05) is 0 Å². The maximum absolute atomic E-state index is 15.3. The normalized spacial score (nSPS) is 28.0. The monoisotopic (exact) mass is 1040 g/mol. The number of hydrogen-bond acceptors (Lipinski definition) is 12. The number of benzene rings is 3. The van der Waals surface area contributed by atoms with Gasteiger partial charge in [0.2, 0.25) is 0 Å². The number of nitrogens with one attached hydrogen (secondary N) is 1. The number of ether oxygens (including phenoxy) is 1. The first-order valence-corrected chi connectivity index (χ1v) is 22.9. The van der Waals surface area contributed by atoms with Gasteiger partial charge in [0.1, 0.15) is 48.6 Å². The highest BCUT2D eigenvalue weighted by atomic mass is 35.5. The molecule has 9 rings (SSSR count). The molecule has 1 saturated heterocycles. The van der Waals surface area contributed by atoms with Gasteiger partial charge in [-0.15, -0.1) is 0 Å². The van der Waals surface area contributed by atoms with Crippen molar-refractivity contribution >= 4 is 80.9 Å². The zero-order chi connectivity index (χ0) is 49.9. The van der Waals surface area contributed by atoms with E-state index in [9.17, 15) is 32.2 Å². The topological polar surface area (TPSA) is 164 Å². The lowest BCUT2D eigenvalue weighted by Gasteiger charge is -2.38. The number of aliphatic hydroxyl groups excluding tert-OH is 2. The quantitative estimate of drug-likeness (QED) is 0.0932. The largest absolute Gasteiger partial charge is 0.497 e. The van der Waals surface area contributed by atoms with Crippen LogP contribution in [0.2, 0.25) is 10.3 Å². The molecule has 0 amide bonds. The van der Waals surface area contributed by atoms with Gasteiger partial charge in [0.05, 0.1) is 74.6 Å². The van der Waals surface area contributed by atoms with Crippen molar-refractivity contribution in [1.29, 1.82) is 0 Å².